The van der Waals surface area contributed by atoms with E-state index in [1.165, 1.54) is 40.3 Å². The van der Waals surface area contributed by atoms with Crippen LogP contribution in [0.25, 0.3) is 0 Å². The zero-order valence-corrected chi connectivity index (χ0v) is 17.6. The van der Waals surface area contributed by atoms with Crippen LogP contribution in [0.5, 0.6) is 0 Å². The topological polar surface area (TPSA) is 126 Å². The quantitative estimate of drug-likeness (QED) is 0.518. The lowest BCUT2D eigenvalue weighted by atomic mass is 10.1. The number of aromatic amines is 1. The molecule has 1 aromatic heterocycles. The normalized spacial score (nSPS) is 11.4. The third kappa shape index (κ3) is 4.54. The van der Waals surface area contributed by atoms with Crippen LogP contribution in [0.3, 0.4) is 0 Å². The Balaban J connectivity index is 2.38. The number of ketones is 1. The van der Waals surface area contributed by atoms with Crippen molar-refractivity contribution in [2.45, 2.75) is 25.2 Å². The summed E-state index contributed by atoms with van der Waals surface area (Å²) in [7, 11) is 0.210. The summed E-state index contributed by atoms with van der Waals surface area (Å²) >= 11 is 0. The van der Waals surface area contributed by atoms with Crippen LogP contribution in [0.1, 0.15) is 39.0 Å². The smallest absolute Gasteiger partial charge is 0.339 e. The number of hydrogen-bond acceptors (Lipinski definition) is 6. The number of nitrogens with one attached hydrogen (secondary N) is 2. The minimum Gasteiger partial charge on any atom is -0.465 e. The molecule has 9 nitrogen and oxygen atoms in total. The molecule has 1 amide bonds. The van der Waals surface area contributed by atoms with Gasteiger partial charge in [0.05, 0.1) is 30.5 Å². The lowest BCUT2D eigenvalue weighted by Gasteiger charge is -2.15. The van der Waals surface area contributed by atoms with E-state index in [9.17, 15) is 22.8 Å². The molecular weight excluding hydrogens is 398 g/mol. The van der Waals surface area contributed by atoms with E-state index in [0.717, 1.165) is 4.31 Å². The Hall–Kier alpha value is -2.98. The molecule has 1 aromatic carbocycles. The van der Waals surface area contributed by atoms with Crippen LogP contribution in [0.2, 0.25) is 0 Å². The van der Waals surface area contributed by atoms with Gasteiger partial charge in [0.1, 0.15) is 4.90 Å². The van der Waals surface area contributed by atoms with Gasteiger partial charge in [-0.3, -0.25) is 9.59 Å². The fraction of sp³-hybridized carbons (Fsp3) is 0.316. The Labute approximate surface area is 169 Å². The number of aromatic nitrogens is 1. The molecule has 2 aromatic rings. The molecule has 0 bridgehead atoms. The molecule has 0 aliphatic heterocycles. The third-order valence-corrected chi connectivity index (χ3v) is 6.20. The molecule has 0 spiro atoms. The zero-order chi connectivity index (χ0) is 21.9. The van der Waals surface area contributed by atoms with Gasteiger partial charge in [0.25, 0.3) is 0 Å². The van der Waals surface area contributed by atoms with Crippen molar-refractivity contribution in [2.24, 2.45) is 0 Å². The Kier molecular flexibility index (Phi) is 6.60. The molecule has 0 aliphatic rings. The van der Waals surface area contributed by atoms with Gasteiger partial charge in [-0.15, -0.1) is 0 Å². The molecule has 156 valence electrons. The highest BCUT2D eigenvalue weighted by Crippen LogP contribution is 2.24. The molecule has 0 radical (unpaired) electrons. The van der Waals surface area contributed by atoms with Crippen molar-refractivity contribution >= 4 is 33.4 Å². The number of sulfonamides is 1. The summed E-state index contributed by atoms with van der Waals surface area (Å²) in [6.45, 7) is 2.92. The van der Waals surface area contributed by atoms with E-state index in [1.54, 1.807) is 19.1 Å². The number of esters is 1. The van der Waals surface area contributed by atoms with E-state index in [-0.39, 0.29) is 39.7 Å². The standard InChI is InChI=1S/C19H23N3O6S/c1-11-17(19(25)28-5)14(21-18(11)12(2)23)10-16(24)20-13-8-6-7-9-15(13)29(26,27)22(3)4/h6-9,21H,10H2,1-5H3,(H,20,24). The maximum Gasteiger partial charge on any atom is 0.339 e. The van der Waals surface area contributed by atoms with Crippen LogP contribution in [-0.2, 0) is 26.0 Å². The average Bonchev–Trinajstić information content (AvgIpc) is 2.97. The summed E-state index contributed by atoms with van der Waals surface area (Å²) in [5, 5.41) is 2.56. The Bertz CT molecular complexity index is 1070. The summed E-state index contributed by atoms with van der Waals surface area (Å²) in [5.74, 6) is -1.53. The lowest BCUT2D eigenvalue weighted by Crippen LogP contribution is -2.25. The first-order valence-electron chi connectivity index (χ1n) is 8.62. The molecule has 2 N–H and O–H groups in total. The second-order valence-corrected chi connectivity index (χ2v) is 8.66. The molecule has 2 rings (SSSR count). The van der Waals surface area contributed by atoms with E-state index >= 15 is 0 Å². The lowest BCUT2D eigenvalue weighted by molar-refractivity contribution is -0.115. The van der Waals surface area contributed by atoms with E-state index in [2.05, 4.69) is 10.3 Å². The molecule has 0 atom stereocenters. The van der Waals surface area contributed by atoms with Crippen molar-refractivity contribution in [1.29, 1.82) is 0 Å². The number of ether oxygens (including phenoxy) is 1. The Morgan fingerprint density at radius 1 is 1.17 bits per heavy atom. The average molecular weight is 421 g/mol. The van der Waals surface area contributed by atoms with E-state index < -0.39 is 21.9 Å². The monoisotopic (exact) mass is 421 g/mol. The van der Waals surface area contributed by atoms with Gasteiger partial charge in [-0.1, -0.05) is 12.1 Å². The summed E-state index contributed by atoms with van der Waals surface area (Å²) < 4.78 is 30.7. The number of H-pyrrole nitrogens is 1. The molecule has 0 aliphatic carbocycles. The molecule has 0 saturated heterocycles. The van der Waals surface area contributed by atoms with Crippen molar-refractivity contribution in [1.82, 2.24) is 9.29 Å². The summed E-state index contributed by atoms with van der Waals surface area (Å²) in [6.07, 6.45) is -0.283. The first-order chi connectivity index (χ1) is 13.5. The molecular formula is C19H23N3O6S. The van der Waals surface area contributed by atoms with E-state index in [0.29, 0.717) is 5.56 Å². The fourth-order valence-corrected chi connectivity index (χ4v) is 3.91. The molecule has 0 saturated carbocycles. The van der Waals surface area contributed by atoms with Crippen molar-refractivity contribution in [3.8, 4) is 0 Å². The van der Waals surface area contributed by atoms with Crippen molar-refractivity contribution in [3.05, 3.63) is 46.8 Å². The zero-order valence-electron chi connectivity index (χ0n) is 16.8. The van der Waals surface area contributed by atoms with Gasteiger partial charge in [-0.05, 0) is 24.6 Å². The number of para-hydroxylation sites is 1. The number of amides is 1. The summed E-state index contributed by atoms with van der Waals surface area (Å²) in [6, 6.07) is 6.00. The number of anilines is 1. The Morgan fingerprint density at radius 2 is 1.79 bits per heavy atom. The maximum atomic E-state index is 12.6. The fourth-order valence-electron chi connectivity index (χ4n) is 2.87. The highest BCUT2D eigenvalue weighted by molar-refractivity contribution is 7.89. The van der Waals surface area contributed by atoms with Crippen molar-refractivity contribution in [2.75, 3.05) is 26.5 Å². The maximum absolute atomic E-state index is 12.6. The van der Waals surface area contributed by atoms with Gasteiger partial charge in [-0.2, -0.15) is 0 Å². The highest BCUT2D eigenvalue weighted by Gasteiger charge is 2.26. The van der Waals surface area contributed by atoms with Crippen LogP contribution in [0.4, 0.5) is 5.69 Å². The minimum atomic E-state index is -3.77. The van der Waals surface area contributed by atoms with Gasteiger partial charge >= 0.3 is 5.97 Å². The number of nitrogens with zero attached hydrogens (tertiary/aromatic N) is 1. The summed E-state index contributed by atoms with van der Waals surface area (Å²) in [5.41, 5.74) is 1.04. The van der Waals surface area contributed by atoms with Gasteiger partial charge in [0.2, 0.25) is 15.9 Å². The van der Waals surface area contributed by atoms with Gasteiger partial charge in [-0.25, -0.2) is 17.5 Å². The predicted molar refractivity (Wildman–Crippen MR) is 107 cm³/mol. The Morgan fingerprint density at radius 3 is 2.34 bits per heavy atom. The first-order valence-corrected chi connectivity index (χ1v) is 10.1. The van der Waals surface area contributed by atoms with Gasteiger partial charge in [0.15, 0.2) is 5.78 Å². The highest BCUT2D eigenvalue weighted by atomic mass is 32.2. The van der Waals surface area contributed by atoms with Gasteiger partial charge in [0, 0.05) is 26.7 Å². The molecule has 10 heteroatoms. The second kappa shape index (κ2) is 8.58. The second-order valence-electron chi connectivity index (χ2n) is 6.53. The van der Waals surface area contributed by atoms with Crippen LogP contribution in [0, 0.1) is 6.92 Å². The predicted octanol–water partition coefficient (Wildman–Crippen LogP) is 1.74. The SMILES string of the molecule is COC(=O)c1c(CC(=O)Nc2ccccc2S(=O)(=O)N(C)C)[nH]c(C(C)=O)c1C. The minimum absolute atomic E-state index is 0.0568. The van der Waals surface area contributed by atoms with E-state index in [4.69, 9.17) is 4.74 Å². The first kappa shape index (κ1) is 22.3. The van der Waals surface area contributed by atoms with Gasteiger partial charge < -0.3 is 15.0 Å². The van der Waals surface area contributed by atoms with Crippen molar-refractivity contribution < 1.29 is 27.5 Å². The number of carbonyl (C=O) groups excluding carboxylic acids is 3. The number of carbonyl (C=O) groups is 3. The van der Waals surface area contributed by atoms with Crippen LogP contribution in [-0.4, -0.2) is 56.6 Å². The number of methoxy groups -OCH3 is 1. The van der Waals surface area contributed by atoms with E-state index in [1.807, 2.05) is 0 Å². The van der Waals surface area contributed by atoms with Crippen LogP contribution >= 0.6 is 0 Å². The van der Waals surface area contributed by atoms with Crippen LogP contribution < -0.4 is 5.32 Å². The third-order valence-electron chi connectivity index (χ3n) is 4.33. The summed E-state index contributed by atoms with van der Waals surface area (Å²) in [4.78, 5) is 39.3. The number of benzene rings is 1. The van der Waals surface area contributed by atoms with Crippen LogP contribution in [0.15, 0.2) is 29.2 Å². The number of rotatable bonds is 7. The molecule has 0 unspecified atom stereocenters. The molecule has 29 heavy (non-hydrogen) atoms. The molecule has 0 fully saturated rings. The molecule has 1 heterocycles. The van der Waals surface area contributed by atoms with Crippen molar-refractivity contribution in [3.63, 3.8) is 0 Å². The largest absolute Gasteiger partial charge is 0.465 e. The number of Topliss-reactive ketones (excluding diaryl/α,β-unsaturated/α-hetero) is 1. The number of hydrogen-bond donors (Lipinski definition) is 2.